The first-order valence-corrected chi connectivity index (χ1v) is 4.40. The molecule has 0 aliphatic carbocycles. The van der Waals surface area contributed by atoms with E-state index in [9.17, 15) is 4.79 Å². The highest BCUT2D eigenvalue weighted by molar-refractivity contribution is 5.89. The molecule has 0 saturated heterocycles. The number of rotatable bonds is 4. The van der Waals surface area contributed by atoms with E-state index in [4.69, 9.17) is 4.42 Å². The van der Waals surface area contributed by atoms with E-state index in [1.807, 2.05) is 6.07 Å². The molecule has 2 heterocycles. The van der Waals surface area contributed by atoms with Crippen molar-refractivity contribution in [3.63, 3.8) is 0 Å². The normalized spacial score (nSPS) is 10.1. The van der Waals surface area contributed by atoms with E-state index in [1.165, 1.54) is 0 Å². The molecule has 0 bridgehead atoms. The Balaban J connectivity index is 1.77. The molecule has 2 aromatic heterocycles. The zero-order valence-corrected chi connectivity index (χ0v) is 7.80. The van der Waals surface area contributed by atoms with Crippen molar-refractivity contribution >= 4 is 5.91 Å². The fourth-order valence-corrected chi connectivity index (χ4v) is 1.09. The summed E-state index contributed by atoms with van der Waals surface area (Å²) in [7, 11) is 0. The molecule has 78 valence electrons. The van der Waals surface area contributed by atoms with E-state index >= 15 is 0 Å². The number of aromatic amines is 1. The molecule has 0 fully saturated rings. The number of hydrogen-bond donors (Lipinski definition) is 2. The summed E-state index contributed by atoms with van der Waals surface area (Å²) in [6.45, 7) is 0.473. The number of carbonyl (C=O) groups excluding carboxylic acids is 1. The van der Waals surface area contributed by atoms with Crippen LogP contribution in [0, 0.1) is 0 Å². The standard InChI is InChI=1S/C8H9N5O2/c14-8(7-10-12-13-11-7)9-4-3-6-2-1-5-15-6/h1-2,5H,3-4H2,(H,9,14)(H,10,11,12,13). The molecule has 15 heavy (non-hydrogen) atoms. The largest absolute Gasteiger partial charge is 0.469 e. The van der Waals surface area contributed by atoms with Gasteiger partial charge in [-0.05, 0) is 17.3 Å². The van der Waals surface area contributed by atoms with Crippen molar-refractivity contribution in [1.29, 1.82) is 0 Å². The molecule has 0 saturated carbocycles. The molecule has 0 aromatic carbocycles. The van der Waals surface area contributed by atoms with Gasteiger partial charge in [-0.25, -0.2) is 0 Å². The second-order valence-corrected chi connectivity index (χ2v) is 2.82. The molecule has 0 aliphatic rings. The zero-order valence-electron chi connectivity index (χ0n) is 7.80. The number of carbonyl (C=O) groups is 1. The van der Waals surface area contributed by atoms with Crippen LogP contribution >= 0.6 is 0 Å². The lowest BCUT2D eigenvalue weighted by atomic mass is 10.3. The van der Waals surface area contributed by atoms with E-state index in [0.29, 0.717) is 13.0 Å². The second kappa shape index (κ2) is 4.36. The van der Waals surface area contributed by atoms with Gasteiger partial charge in [0.25, 0.3) is 11.7 Å². The summed E-state index contributed by atoms with van der Waals surface area (Å²) in [6, 6.07) is 3.65. The van der Waals surface area contributed by atoms with Gasteiger partial charge in [0.15, 0.2) is 0 Å². The van der Waals surface area contributed by atoms with Crippen LogP contribution < -0.4 is 5.32 Å². The number of hydrogen-bond acceptors (Lipinski definition) is 5. The van der Waals surface area contributed by atoms with Gasteiger partial charge >= 0.3 is 0 Å². The quantitative estimate of drug-likeness (QED) is 0.721. The van der Waals surface area contributed by atoms with Crippen LogP contribution in [0.1, 0.15) is 16.4 Å². The van der Waals surface area contributed by atoms with Gasteiger partial charge in [-0.2, -0.15) is 5.21 Å². The first-order valence-electron chi connectivity index (χ1n) is 4.40. The average molecular weight is 207 g/mol. The van der Waals surface area contributed by atoms with Gasteiger partial charge in [0.1, 0.15) is 5.76 Å². The predicted octanol–water partition coefficient (Wildman–Crippen LogP) is -0.235. The minimum atomic E-state index is -0.352. The number of aromatic nitrogens is 4. The third-order valence-electron chi connectivity index (χ3n) is 1.79. The van der Waals surface area contributed by atoms with E-state index < -0.39 is 0 Å². The Morgan fingerprint density at radius 3 is 3.20 bits per heavy atom. The minimum Gasteiger partial charge on any atom is -0.469 e. The van der Waals surface area contributed by atoms with Crippen LogP contribution in [-0.4, -0.2) is 33.1 Å². The summed E-state index contributed by atoms with van der Waals surface area (Å²) in [5.74, 6) is 0.508. The molecule has 2 N–H and O–H groups in total. The lowest BCUT2D eigenvalue weighted by Gasteiger charge is -1.99. The molecule has 7 nitrogen and oxygen atoms in total. The maximum Gasteiger partial charge on any atom is 0.292 e. The number of nitrogens with one attached hydrogen (secondary N) is 2. The van der Waals surface area contributed by atoms with Crippen molar-refractivity contribution in [3.05, 3.63) is 30.0 Å². The van der Waals surface area contributed by atoms with Crippen molar-refractivity contribution in [2.45, 2.75) is 6.42 Å². The van der Waals surface area contributed by atoms with Crippen LogP contribution in [0.4, 0.5) is 0 Å². The minimum absolute atomic E-state index is 0.0365. The highest BCUT2D eigenvalue weighted by Gasteiger charge is 2.09. The van der Waals surface area contributed by atoms with Gasteiger partial charge in [0.05, 0.1) is 6.26 Å². The summed E-state index contributed by atoms with van der Waals surface area (Å²) >= 11 is 0. The van der Waals surface area contributed by atoms with Gasteiger partial charge in [-0.15, -0.1) is 10.2 Å². The number of H-pyrrole nitrogens is 1. The summed E-state index contributed by atoms with van der Waals surface area (Å²) in [5, 5.41) is 15.2. The maximum absolute atomic E-state index is 11.3. The van der Waals surface area contributed by atoms with E-state index in [0.717, 1.165) is 5.76 Å². The molecule has 0 aliphatic heterocycles. The molecule has 2 aromatic rings. The van der Waals surface area contributed by atoms with E-state index in [2.05, 4.69) is 25.9 Å². The number of tetrazole rings is 1. The molecular formula is C8H9N5O2. The number of amides is 1. The zero-order chi connectivity index (χ0) is 10.5. The van der Waals surface area contributed by atoms with Crippen molar-refractivity contribution in [2.75, 3.05) is 6.54 Å². The second-order valence-electron chi connectivity index (χ2n) is 2.82. The molecule has 1 amide bonds. The van der Waals surface area contributed by atoms with Crippen molar-refractivity contribution < 1.29 is 9.21 Å². The summed E-state index contributed by atoms with van der Waals surface area (Å²) in [5.41, 5.74) is 0. The SMILES string of the molecule is O=C(NCCc1ccco1)c1nn[nH]n1. The summed E-state index contributed by atoms with van der Waals surface area (Å²) in [6.07, 6.45) is 2.23. The fourth-order valence-electron chi connectivity index (χ4n) is 1.09. The Morgan fingerprint density at radius 1 is 1.60 bits per heavy atom. The van der Waals surface area contributed by atoms with Crippen molar-refractivity contribution in [2.24, 2.45) is 0 Å². The summed E-state index contributed by atoms with van der Waals surface area (Å²) < 4.78 is 5.10. The predicted molar refractivity (Wildman–Crippen MR) is 48.9 cm³/mol. The van der Waals surface area contributed by atoms with Crippen LogP contribution in [0.15, 0.2) is 22.8 Å². The molecular weight excluding hydrogens is 198 g/mol. The van der Waals surface area contributed by atoms with Gasteiger partial charge in [-0.3, -0.25) is 4.79 Å². The number of nitrogens with zero attached hydrogens (tertiary/aromatic N) is 3. The van der Waals surface area contributed by atoms with Crippen molar-refractivity contribution in [3.8, 4) is 0 Å². The van der Waals surface area contributed by atoms with Crippen LogP contribution in [0.25, 0.3) is 0 Å². The molecule has 0 radical (unpaired) electrons. The van der Waals surface area contributed by atoms with Gasteiger partial charge in [-0.1, -0.05) is 0 Å². The topological polar surface area (TPSA) is 96.7 Å². The highest BCUT2D eigenvalue weighted by atomic mass is 16.3. The Kier molecular flexibility index (Phi) is 2.72. The first-order chi connectivity index (χ1) is 7.36. The third kappa shape index (κ3) is 2.39. The third-order valence-corrected chi connectivity index (χ3v) is 1.79. The molecule has 0 atom stereocenters. The van der Waals surface area contributed by atoms with E-state index in [-0.39, 0.29) is 11.7 Å². The van der Waals surface area contributed by atoms with Gasteiger partial charge < -0.3 is 9.73 Å². The molecule has 0 unspecified atom stereocenters. The first kappa shape index (κ1) is 9.38. The van der Waals surface area contributed by atoms with E-state index in [1.54, 1.807) is 12.3 Å². The van der Waals surface area contributed by atoms with Crippen LogP contribution in [0.3, 0.4) is 0 Å². The van der Waals surface area contributed by atoms with Crippen LogP contribution in [0.2, 0.25) is 0 Å². The van der Waals surface area contributed by atoms with Gasteiger partial charge in [0, 0.05) is 13.0 Å². The monoisotopic (exact) mass is 207 g/mol. The van der Waals surface area contributed by atoms with Crippen LogP contribution in [0.5, 0.6) is 0 Å². The lowest BCUT2D eigenvalue weighted by Crippen LogP contribution is -2.26. The van der Waals surface area contributed by atoms with Crippen LogP contribution in [-0.2, 0) is 6.42 Å². The average Bonchev–Trinajstić information content (AvgIpc) is 2.90. The Labute approximate surface area is 84.9 Å². The molecule has 0 spiro atoms. The lowest BCUT2D eigenvalue weighted by molar-refractivity contribution is 0.0943. The molecule has 7 heteroatoms. The Morgan fingerprint density at radius 2 is 2.53 bits per heavy atom. The van der Waals surface area contributed by atoms with Crippen molar-refractivity contribution in [1.82, 2.24) is 25.9 Å². The Hall–Kier alpha value is -2.18. The number of furan rings is 1. The summed E-state index contributed by atoms with van der Waals surface area (Å²) in [4.78, 5) is 11.3. The van der Waals surface area contributed by atoms with Gasteiger partial charge in [0.2, 0.25) is 0 Å². The molecule has 2 rings (SSSR count). The Bertz CT molecular complexity index is 408. The fraction of sp³-hybridized carbons (Fsp3) is 0.250. The smallest absolute Gasteiger partial charge is 0.292 e. The maximum atomic E-state index is 11.3. The highest BCUT2D eigenvalue weighted by Crippen LogP contribution is 1.99.